The largest absolute Gasteiger partial charge is 0.465 e. The van der Waals surface area contributed by atoms with E-state index in [0.717, 1.165) is 112 Å². The molecule has 0 bridgehead atoms. The molecule has 93 heavy (non-hydrogen) atoms. The van der Waals surface area contributed by atoms with Crippen LogP contribution in [-0.4, -0.2) is 235 Å². The van der Waals surface area contributed by atoms with Crippen LogP contribution < -0.4 is 15.5 Å². The predicted molar refractivity (Wildman–Crippen MR) is 370 cm³/mol. The van der Waals surface area contributed by atoms with Gasteiger partial charge in [-0.2, -0.15) is 0 Å². The van der Waals surface area contributed by atoms with Crippen LogP contribution in [0.25, 0.3) is 45.6 Å². The zero-order valence-electron chi connectivity index (χ0n) is 53.9. The maximum Gasteiger partial charge on any atom is 0.337 e. The lowest BCUT2D eigenvalue weighted by molar-refractivity contribution is 0.0592. The number of nitrogens with zero attached hydrogens (tertiary/aromatic N) is 15. The summed E-state index contributed by atoms with van der Waals surface area (Å²) in [5, 5.41) is 16.2. The molecule has 2 saturated heterocycles. The minimum Gasteiger partial charge on any atom is -0.465 e. The number of ether oxygens (including phenoxy) is 3. The minimum absolute atomic E-state index is 0. The van der Waals surface area contributed by atoms with E-state index < -0.39 is 0 Å². The molecule has 0 radical (unpaired) electrons. The molecule has 0 aliphatic carbocycles. The van der Waals surface area contributed by atoms with Crippen LogP contribution in [0, 0.1) is 0 Å². The molecule has 2 aliphatic heterocycles. The van der Waals surface area contributed by atoms with E-state index in [0.29, 0.717) is 63.1 Å². The first-order chi connectivity index (χ1) is 44.5. The van der Waals surface area contributed by atoms with Crippen molar-refractivity contribution in [1.29, 1.82) is 0 Å². The van der Waals surface area contributed by atoms with Gasteiger partial charge in [0.05, 0.1) is 118 Å². The summed E-state index contributed by atoms with van der Waals surface area (Å²) in [7, 11) is 15.1. The van der Waals surface area contributed by atoms with Gasteiger partial charge in [0.1, 0.15) is 5.69 Å². The van der Waals surface area contributed by atoms with E-state index in [9.17, 15) is 19.5 Å². The fourth-order valence-corrected chi connectivity index (χ4v) is 9.10. The molecule has 6 heterocycles. The number of hydrogen-bond donors (Lipinski definition) is 3. The van der Waals surface area contributed by atoms with E-state index >= 15 is 0 Å². The summed E-state index contributed by atoms with van der Waals surface area (Å²) in [6.45, 7) is 10.1. The number of nitrogen functional groups attached to an aromatic ring is 1. The SMILES string of the molecule is CN(CCCl)CCCl.CN1CCN(c2cnc(-c3cccc(CO)c3)nc2)CC1.CO.COC(=O)c1cccc(-c2ncc(N)cn2)c1.COC(=O)c1cccc(-c2ncc(N3CCN(C)CC3)cn2)c1.COC(=O)c1cccc(-c2ncc(N=CN(C)C)cn2)c1.Cl. The normalized spacial score (nSPS) is 12.7. The number of likely N-dealkylation sites (N-methyl/N-ethyl adjacent to an activating group) is 2. The van der Waals surface area contributed by atoms with Crippen LogP contribution in [0.2, 0.25) is 0 Å². The highest BCUT2D eigenvalue weighted by Crippen LogP contribution is 2.24. The Balaban J connectivity index is 0.000000252. The van der Waals surface area contributed by atoms with E-state index in [2.05, 4.69) is 88.2 Å². The Labute approximate surface area is 560 Å². The summed E-state index contributed by atoms with van der Waals surface area (Å²) in [5.74, 6) is 2.60. The molecule has 24 nitrogen and oxygen atoms in total. The third-order valence-corrected chi connectivity index (χ3v) is 14.0. The second-order valence-electron chi connectivity index (χ2n) is 20.7. The number of methoxy groups -OCH3 is 3. The number of aliphatic hydroxyl groups is 2. The first-order valence-electron chi connectivity index (χ1n) is 29.2. The molecule has 8 aromatic rings. The zero-order valence-corrected chi connectivity index (χ0v) is 56.2. The number of hydrogen-bond acceptors (Lipinski definition) is 23. The van der Waals surface area contributed by atoms with Crippen LogP contribution in [-0.2, 0) is 20.8 Å². The molecular formula is C66H83Cl3N16O8. The molecule has 0 spiro atoms. The van der Waals surface area contributed by atoms with E-state index in [1.54, 1.807) is 73.3 Å². The van der Waals surface area contributed by atoms with Crippen LogP contribution >= 0.6 is 35.6 Å². The molecular weight excluding hydrogens is 1250 g/mol. The maximum absolute atomic E-state index is 11.6. The Hall–Kier alpha value is -8.85. The molecule has 0 saturated carbocycles. The van der Waals surface area contributed by atoms with Crippen molar-refractivity contribution in [2.24, 2.45) is 4.99 Å². The first kappa shape index (κ1) is 76.6. The van der Waals surface area contributed by atoms with Crippen molar-refractivity contribution < 1.29 is 38.8 Å². The van der Waals surface area contributed by atoms with Crippen molar-refractivity contribution in [1.82, 2.24) is 59.5 Å². The van der Waals surface area contributed by atoms with E-state index in [1.807, 2.05) is 93.3 Å². The van der Waals surface area contributed by atoms with E-state index in [1.165, 1.54) is 33.7 Å². The lowest BCUT2D eigenvalue weighted by Crippen LogP contribution is -2.44. The summed E-state index contributed by atoms with van der Waals surface area (Å²) < 4.78 is 14.1. The van der Waals surface area contributed by atoms with Crippen LogP contribution in [0.15, 0.2) is 152 Å². The lowest BCUT2D eigenvalue weighted by atomic mass is 10.1. The third kappa shape index (κ3) is 25.6. The molecule has 0 amide bonds. The average Bonchev–Trinajstić information content (AvgIpc) is 2.25. The van der Waals surface area contributed by atoms with Crippen molar-refractivity contribution in [3.8, 4) is 45.6 Å². The first-order valence-corrected chi connectivity index (χ1v) is 30.2. The Bertz CT molecular complexity index is 3510. The van der Waals surface area contributed by atoms with Crippen molar-refractivity contribution in [2.45, 2.75) is 6.61 Å². The van der Waals surface area contributed by atoms with Crippen molar-refractivity contribution in [3.63, 3.8) is 0 Å². The minimum atomic E-state index is -0.387. The van der Waals surface area contributed by atoms with Crippen LogP contribution in [0.5, 0.6) is 0 Å². The maximum atomic E-state index is 11.6. The molecule has 2 aliphatic rings. The second kappa shape index (κ2) is 41.6. The number of aromatic nitrogens is 8. The highest BCUT2D eigenvalue weighted by molar-refractivity contribution is 6.18. The van der Waals surface area contributed by atoms with Gasteiger partial charge in [0.25, 0.3) is 0 Å². The number of alkyl halides is 2. The lowest BCUT2D eigenvalue weighted by Gasteiger charge is -2.33. The number of benzene rings is 4. The number of rotatable bonds is 16. The quantitative estimate of drug-likeness (QED) is 0.0270. The number of aliphatic imine (C=N–C) groups is 1. The van der Waals surface area contributed by atoms with Crippen molar-refractivity contribution >= 4 is 82.6 Å². The van der Waals surface area contributed by atoms with Crippen LogP contribution in [0.3, 0.4) is 0 Å². The highest BCUT2D eigenvalue weighted by Gasteiger charge is 2.18. The molecule has 496 valence electrons. The third-order valence-electron chi connectivity index (χ3n) is 13.7. The number of nitrogens with two attached hydrogens (primary N) is 1. The summed E-state index contributed by atoms with van der Waals surface area (Å²) in [4.78, 5) is 86.4. The van der Waals surface area contributed by atoms with Gasteiger partial charge < -0.3 is 59.6 Å². The Kier molecular flexibility index (Phi) is 34.3. The molecule has 27 heteroatoms. The van der Waals surface area contributed by atoms with E-state index in [-0.39, 0.29) is 36.9 Å². The van der Waals surface area contributed by atoms with E-state index in [4.69, 9.17) is 43.5 Å². The van der Waals surface area contributed by atoms with Crippen LogP contribution in [0.4, 0.5) is 22.7 Å². The number of carbonyl (C=O) groups is 3. The molecule has 4 aromatic carbocycles. The smallest absolute Gasteiger partial charge is 0.337 e. The fourth-order valence-electron chi connectivity index (χ4n) is 8.52. The summed E-state index contributed by atoms with van der Waals surface area (Å²) in [6.07, 6.45) is 15.5. The number of aliphatic hydroxyl groups excluding tert-OH is 2. The Morgan fingerprint density at radius 1 is 0.527 bits per heavy atom. The summed E-state index contributed by atoms with van der Waals surface area (Å²) >= 11 is 10.9. The number of carbonyl (C=O) groups excluding carboxylic acids is 3. The van der Waals surface area contributed by atoms with Gasteiger partial charge in [-0.3, -0.25) is 0 Å². The standard InChI is InChI=1S/C17H20N4O2.C16H20N4O.C15H16N4O2.C12H11N3O2.C5H11Cl2N.CH4O.ClH/c1-20-6-8-21(9-7-20)15-11-18-16(19-12-15)13-4-3-5-14(10-13)17(22)23-2;1-19-5-7-20(8-6-19)15-10-17-16(18-11-15)14-4-2-3-13(9-14)12-21;1-19(2)10-18-13-8-16-14(17-9-13)11-5-4-6-12(7-11)15(20)21-3;1-17-12(16)9-4-2-3-8(5-9)11-14-6-10(13)7-15-11;1-8(4-2-6)5-3-7;1-2;/h3-5,10-12H,6-9H2,1-2H3;2-4,9-11,21H,5-8,12H2,1H3;4-10H,1-3H3;2-7H,13H2,1H3;2-5H2,1H3;2H,1H3;1H. The summed E-state index contributed by atoms with van der Waals surface area (Å²) in [6, 6.07) is 28.8. The molecule has 0 unspecified atom stereocenters. The topological polar surface area (TPSA) is 280 Å². The zero-order chi connectivity index (χ0) is 66.8. The average molecular weight is 1330 g/mol. The van der Waals surface area contributed by atoms with Gasteiger partial charge in [-0.25, -0.2) is 59.2 Å². The van der Waals surface area contributed by atoms with Gasteiger partial charge in [0.2, 0.25) is 0 Å². The Morgan fingerprint density at radius 2 is 0.849 bits per heavy atom. The monoisotopic (exact) mass is 1330 g/mol. The van der Waals surface area contributed by atoms with Crippen molar-refractivity contribution in [2.75, 3.05) is 156 Å². The molecule has 10 rings (SSSR count). The second-order valence-corrected chi connectivity index (χ2v) is 21.4. The number of piperazine rings is 2. The molecule has 0 atom stereocenters. The number of anilines is 3. The van der Waals surface area contributed by atoms with Gasteiger partial charge in [-0.05, 0) is 69.2 Å². The van der Waals surface area contributed by atoms with Gasteiger partial charge >= 0.3 is 17.9 Å². The van der Waals surface area contributed by atoms with Crippen LogP contribution in [0.1, 0.15) is 36.6 Å². The fraction of sp³-hybridized carbons (Fsp3) is 0.333. The van der Waals surface area contributed by atoms with Gasteiger partial charge in [-0.1, -0.05) is 54.6 Å². The molecule has 2 fully saturated rings. The molecule has 4 N–H and O–H groups in total. The number of halogens is 3. The highest BCUT2D eigenvalue weighted by atomic mass is 35.5. The van der Waals surface area contributed by atoms with Gasteiger partial charge in [0.15, 0.2) is 23.3 Å². The number of esters is 3. The summed E-state index contributed by atoms with van der Waals surface area (Å²) in [5.41, 5.74) is 14.3. The van der Waals surface area contributed by atoms with Gasteiger partial charge in [-0.15, -0.1) is 35.6 Å². The molecule has 4 aromatic heterocycles. The predicted octanol–water partition coefficient (Wildman–Crippen LogP) is 8.16. The van der Waals surface area contributed by atoms with Crippen molar-refractivity contribution in [3.05, 3.63) is 169 Å². The Morgan fingerprint density at radius 3 is 1.17 bits per heavy atom. The van der Waals surface area contributed by atoms with Gasteiger partial charge in [0, 0.05) is 121 Å².